The van der Waals surface area contributed by atoms with Crippen LogP contribution in [0.5, 0.6) is 0 Å². The van der Waals surface area contributed by atoms with E-state index in [0.717, 1.165) is 6.42 Å². The Kier molecular flexibility index (Phi) is 7.16. The molecular weight excluding hydrogens is 222 g/mol. The number of aliphatic hydroxyl groups is 1. The van der Waals surface area contributed by atoms with Crippen molar-refractivity contribution in [1.29, 1.82) is 0 Å². The van der Waals surface area contributed by atoms with Crippen molar-refractivity contribution in [3.05, 3.63) is 18.2 Å². The molecular formula is C11H21N3O3. The van der Waals surface area contributed by atoms with Gasteiger partial charge in [0.25, 0.3) is 0 Å². The number of carboxylic acid groups (broad SMARTS) is 1. The molecule has 0 fully saturated rings. The van der Waals surface area contributed by atoms with E-state index in [0.29, 0.717) is 0 Å². The van der Waals surface area contributed by atoms with Crippen LogP contribution in [0.2, 0.25) is 0 Å². The third kappa shape index (κ3) is 6.03. The number of aliphatic carboxylic acids is 1. The molecule has 4 N–H and O–H groups in total. The fourth-order valence-electron chi connectivity index (χ4n) is 1.07. The van der Waals surface area contributed by atoms with Crippen molar-refractivity contribution in [2.75, 3.05) is 0 Å². The van der Waals surface area contributed by atoms with E-state index >= 15 is 0 Å². The minimum Gasteiger partial charge on any atom is -0.480 e. The molecule has 0 saturated carbocycles. The Morgan fingerprint density at radius 1 is 1.65 bits per heavy atom. The van der Waals surface area contributed by atoms with E-state index in [1.54, 1.807) is 0 Å². The SMILES string of the molecule is CC(O)C(N)C(=O)O.CCCc1nccn1C. The van der Waals surface area contributed by atoms with E-state index < -0.39 is 18.1 Å². The number of nitrogens with two attached hydrogens (primary N) is 1. The van der Waals surface area contributed by atoms with E-state index in [1.165, 1.54) is 19.2 Å². The summed E-state index contributed by atoms with van der Waals surface area (Å²) in [7, 11) is 2.03. The van der Waals surface area contributed by atoms with Crippen molar-refractivity contribution < 1.29 is 15.0 Å². The van der Waals surface area contributed by atoms with Crippen LogP contribution in [-0.2, 0) is 18.3 Å². The zero-order valence-electron chi connectivity index (χ0n) is 10.5. The molecule has 0 radical (unpaired) electrons. The van der Waals surface area contributed by atoms with Gasteiger partial charge in [0.15, 0.2) is 0 Å². The number of rotatable bonds is 4. The third-order valence-electron chi connectivity index (χ3n) is 2.20. The average Bonchev–Trinajstić information content (AvgIpc) is 2.64. The Bertz CT molecular complexity index is 336. The van der Waals surface area contributed by atoms with Gasteiger partial charge in [-0.15, -0.1) is 0 Å². The molecule has 6 heteroatoms. The highest BCUT2D eigenvalue weighted by atomic mass is 16.4. The van der Waals surface area contributed by atoms with Gasteiger partial charge in [-0.25, -0.2) is 4.98 Å². The van der Waals surface area contributed by atoms with Gasteiger partial charge in [-0.2, -0.15) is 0 Å². The monoisotopic (exact) mass is 243 g/mol. The molecule has 0 aliphatic rings. The van der Waals surface area contributed by atoms with Gasteiger partial charge in [0.05, 0.1) is 6.10 Å². The summed E-state index contributed by atoms with van der Waals surface area (Å²) in [4.78, 5) is 14.0. The van der Waals surface area contributed by atoms with Crippen molar-refractivity contribution >= 4 is 5.97 Å². The zero-order chi connectivity index (χ0) is 13.4. The summed E-state index contributed by atoms with van der Waals surface area (Å²) >= 11 is 0. The van der Waals surface area contributed by atoms with Crippen LogP contribution in [0.15, 0.2) is 12.4 Å². The first-order valence-electron chi connectivity index (χ1n) is 5.52. The predicted octanol–water partition coefficient (Wildman–Crippen LogP) is 0.152. The highest BCUT2D eigenvalue weighted by Gasteiger charge is 2.16. The summed E-state index contributed by atoms with van der Waals surface area (Å²) in [5.41, 5.74) is 4.91. The number of hydrogen-bond donors (Lipinski definition) is 3. The molecule has 1 aromatic rings. The Labute approximate surface area is 101 Å². The topological polar surface area (TPSA) is 101 Å². The van der Waals surface area contributed by atoms with Gasteiger partial charge in [0, 0.05) is 25.9 Å². The number of aromatic nitrogens is 2. The molecule has 98 valence electrons. The molecule has 0 bridgehead atoms. The lowest BCUT2D eigenvalue weighted by atomic mass is 10.2. The van der Waals surface area contributed by atoms with Gasteiger partial charge in [-0.05, 0) is 13.3 Å². The molecule has 0 spiro atoms. The molecule has 1 rings (SSSR count). The first kappa shape index (κ1) is 15.6. The highest BCUT2D eigenvalue weighted by Crippen LogP contribution is 1.96. The van der Waals surface area contributed by atoms with Crippen molar-refractivity contribution in [2.24, 2.45) is 12.8 Å². The number of nitrogens with zero attached hydrogens (tertiary/aromatic N) is 2. The largest absolute Gasteiger partial charge is 0.480 e. The Balaban J connectivity index is 0.000000304. The Morgan fingerprint density at radius 3 is 2.47 bits per heavy atom. The second-order valence-corrected chi connectivity index (χ2v) is 3.81. The van der Waals surface area contributed by atoms with E-state index in [9.17, 15) is 4.79 Å². The molecule has 6 nitrogen and oxygen atoms in total. The maximum Gasteiger partial charge on any atom is 0.323 e. The minimum atomic E-state index is -1.18. The van der Waals surface area contributed by atoms with Gasteiger partial charge in [-0.3, -0.25) is 4.79 Å². The van der Waals surface area contributed by atoms with Crippen LogP contribution in [-0.4, -0.2) is 37.9 Å². The van der Waals surface area contributed by atoms with Crippen LogP contribution in [0, 0.1) is 0 Å². The summed E-state index contributed by atoms with van der Waals surface area (Å²) in [5, 5.41) is 16.6. The summed E-state index contributed by atoms with van der Waals surface area (Å²) < 4.78 is 2.06. The summed E-state index contributed by atoms with van der Waals surface area (Å²) in [6.07, 6.45) is 5.09. The van der Waals surface area contributed by atoms with Crippen molar-refractivity contribution in [2.45, 2.75) is 38.8 Å². The fourth-order valence-corrected chi connectivity index (χ4v) is 1.07. The van der Waals surface area contributed by atoms with Crippen molar-refractivity contribution in [1.82, 2.24) is 9.55 Å². The summed E-state index contributed by atoms with van der Waals surface area (Å²) in [6, 6.07) is -1.16. The van der Waals surface area contributed by atoms with Crippen molar-refractivity contribution in [3.8, 4) is 0 Å². The Hall–Kier alpha value is -1.40. The van der Waals surface area contributed by atoms with Crippen LogP contribution in [0.3, 0.4) is 0 Å². The molecule has 0 aliphatic heterocycles. The van der Waals surface area contributed by atoms with Crippen LogP contribution < -0.4 is 5.73 Å². The smallest absolute Gasteiger partial charge is 0.323 e. The molecule has 0 saturated heterocycles. The van der Waals surface area contributed by atoms with E-state index in [-0.39, 0.29) is 0 Å². The summed E-state index contributed by atoms with van der Waals surface area (Å²) in [6.45, 7) is 3.49. The maximum absolute atomic E-state index is 9.86. The Morgan fingerprint density at radius 2 is 2.24 bits per heavy atom. The van der Waals surface area contributed by atoms with Crippen LogP contribution >= 0.6 is 0 Å². The quantitative estimate of drug-likeness (QED) is 0.699. The fraction of sp³-hybridized carbons (Fsp3) is 0.636. The van der Waals surface area contributed by atoms with Crippen LogP contribution in [0.4, 0.5) is 0 Å². The molecule has 2 atom stereocenters. The molecule has 0 aromatic carbocycles. The second-order valence-electron chi connectivity index (χ2n) is 3.81. The molecule has 17 heavy (non-hydrogen) atoms. The first-order valence-corrected chi connectivity index (χ1v) is 5.52. The number of carboxylic acids is 1. The molecule has 0 aliphatic carbocycles. The minimum absolute atomic E-state index is 0.979. The van der Waals surface area contributed by atoms with Crippen LogP contribution in [0.25, 0.3) is 0 Å². The van der Waals surface area contributed by atoms with E-state index in [2.05, 4.69) is 16.5 Å². The first-order chi connectivity index (χ1) is 7.90. The average molecular weight is 243 g/mol. The highest BCUT2D eigenvalue weighted by molar-refractivity contribution is 5.73. The normalized spacial score (nSPS) is 13.5. The molecule has 1 aromatic heterocycles. The second kappa shape index (κ2) is 7.81. The lowest BCUT2D eigenvalue weighted by Gasteiger charge is -2.06. The van der Waals surface area contributed by atoms with Gasteiger partial charge in [0.1, 0.15) is 11.9 Å². The number of imidazole rings is 1. The number of aryl methyl sites for hydroxylation is 2. The predicted molar refractivity (Wildman–Crippen MR) is 64.5 cm³/mol. The van der Waals surface area contributed by atoms with E-state index in [4.69, 9.17) is 15.9 Å². The third-order valence-corrected chi connectivity index (χ3v) is 2.20. The summed E-state index contributed by atoms with van der Waals surface area (Å²) in [5.74, 6) is -0.00231. The maximum atomic E-state index is 9.86. The van der Waals surface area contributed by atoms with Crippen molar-refractivity contribution in [3.63, 3.8) is 0 Å². The molecule has 1 heterocycles. The number of carbonyl (C=O) groups is 1. The van der Waals surface area contributed by atoms with Gasteiger partial charge in [0.2, 0.25) is 0 Å². The van der Waals surface area contributed by atoms with Gasteiger partial charge < -0.3 is 20.5 Å². The van der Waals surface area contributed by atoms with E-state index in [1.807, 2.05) is 19.4 Å². The van der Waals surface area contributed by atoms with Crippen LogP contribution in [0.1, 0.15) is 26.1 Å². The number of hydrogen-bond acceptors (Lipinski definition) is 4. The number of aliphatic hydroxyl groups excluding tert-OH is 1. The lowest BCUT2D eigenvalue weighted by Crippen LogP contribution is -2.39. The standard InChI is InChI=1S/C7H12N2.C4H9NO3/c1-3-4-7-8-5-6-9(7)2;1-2(6)3(5)4(7)8/h5-6H,3-4H2,1-2H3;2-3,6H,5H2,1H3,(H,7,8). The molecule has 0 amide bonds. The zero-order valence-corrected chi connectivity index (χ0v) is 10.5. The molecule has 2 unspecified atom stereocenters. The van der Waals surface area contributed by atoms with Gasteiger partial charge in [-0.1, -0.05) is 6.92 Å². The van der Waals surface area contributed by atoms with Gasteiger partial charge >= 0.3 is 5.97 Å². The lowest BCUT2D eigenvalue weighted by molar-refractivity contribution is -0.140.